The summed E-state index contributed by atoms with van der Waals surface area (Å²) in [5, 5.41) is 10.6. The summed E-state index contributed by atoms with van der Waals surface area (Å²) in [5.74, 6) is 0.476. The second kappa shape index (κ2) is 4.98. The number of piperidine rings is 1. The average molecular weight is 246 g/mol. The molecule has 2 atom stereocenters. The summed E-state index contributed by atoms with van der Waals surface area (Å²) in [7, 11) is 0. The van der Waals surface area contributed by atoms with Gasteiger partial charge in [-0.15, -0.1) is 0 Å². The van der Waals surface area contributed by atoms with E-state index in [0.29, 0.717) is 5.92 Å². The lowest BCUT2D eigenvalue weighted by Crippen LogP contribution is -2.53. The predicted molar refractivity (Wildman–Crippen MR) is 71.0 cm³/mol. The highest BCUT2D eigenvalue weighted by atomic mass is 16.3. The Kier molecular flexibility index (Phi) is 3.35. The number of pyridine rings is 1. The highest BCUT2D eigenvalue weighted by Crippen LogP contribution is 2.39. The summed E-state index contributed by atoms with van der Waals surface area (Å²) in [6.45, 7) is 2.96. The van der Waals surface area contributed by atoms with Crippen LogP contribution in [-0.4, -0.2) is 33.7 Å². The van der Waals surface area contributed by atoms with Crippen LogP contribution in [0, 0.1) is 5.92 Å². The number of hydrogen-bond donors (Lipinski definition) is 1. The number of aliphatic hydroxyl groups is 1. The van der Waals surface area contributed by atoms with Gasteiger partial charge >= 0.3 is 0 Å². The van der Waals surface area contributed by atoms with E-state index in [-0.39, 0.29) is 5.60 Å². The molecule has 3 rings (SSSR count). The Bertz CT molecular complexity index is 395. The molecule has 1 aliphatic heterocycles. The van der Waals surface area contributed by atoms with Gasteiger partial charge in [0.05, 0.1) is 11.3 Å². The maximum atomic E-state index is 10.6. The monoisotopic (exact) mass is 246 g/mol. The summed E-state index contributed by atoms with van der Waals surface area (Å²) in [6, 6.07) is 6.09. The molecular formula is C15H22N2O. The highest BCUT2D eigenvalue weighted by Gasteiger charge is 2.42. The fourth-order valence-corrected chi connectivity index (χ4v) is 3.50. The zero-order valence-corrected chi connectivity index (χ0v) is 10.9. The van der Waals surface area contributed by atoms with Crippen molar-refractivity contribution in [3.05, 3.63) is 30.1 Å². The van der Waals surface area contributed by atoms with Crippen LogP contribution in [0.25, 0.3) is 0 Å². The first-order valence-corrected chi connectivity index (χ1v) is 7.11. The first-order valence-electron chi connectivity index (χ1n) is 7.11. The van der Waals surface area contributed by atoms with Gasteiger partial charge < -0.3 is 5.11 Å². The van der Waals surface area contributed by atoms with E-state index in [9.17, 15) is 5.11 Å². The van der Waals surface area contributed by atoms with Crippen molar-refractivity contribution in [1.29, 1.82) is 0 Å². The molecule has 1 aromatic heterocycles. The summed E-state index contributed by atoms with van der Waals surface area (Å²) in [5.41, 5.74) is 0.775. The summed E-state index contributed by atoms with van der Waals surface area (Å²) < 4.78 is 0. The summed E-state index contributed by atoms with van der Waals surface area (Å²) in [4.78, 5) is 6.84. The molecule has 3 nitrogen and oxygen atoms in total. The molecule has 1 saturated heterocycles. The minimum atomic E-state index is -0.362. The molecule has 2 aliphatic rings. The summed E-state index contributed by atoms with van der Waals surface area (Å²) in [6.07, 6.45) is 7.47. The fraction of sp³-hybridized carbons (Fsp3) is 0.667. The van der Waals surface area contributed by atoms with Crippen molar-refractivity contribution in [3.63, 3.8) is 0 Å². The largest absolute Gasteiger partial charge is 0.390 e. The second-order valence-electron chi connectivity index (χ2n) is 5.85. The van der Waals surface area contributed by atoms with Gasteiger partial charge in [-0.25, -0.2) is 0 Å². The minimum absolute atomic E-state index is 0.362. The lowest BCUT2D eigenvalue weighted by molar-refractivity contribution is -0.0969. The first-order chi connectivity index (χ1) is 8.76. The van der Waals surface area contributed by atoms with Gasteiger partial charge in [-0.05, 0) is 31.4 Å². The number of hydrogen-bond acceptors (Lipinski definition) is 3. The van der Waals surface area contributed by atoms with Crippen molar-refractivity contribution in [2.75, 3.05) is 13.1 Å². The number of rotatable bonds is 2. The van der Waals surface area contributed by atoms with Gasteiger partial charge in [0, 0.05) is 31.7 Å². The minimum Gasteiger partial charge on any atom is -0.390 e. The van der Waals surface area contributed by atoms with Crippen LogP contribution in [0.15, 0.2) is 24.4 Å². The topological polar surface area (TPSA) is 36.4 Å². The second-order valence-corrected chi connectivity index (χ2v) is 5.85. The molecule has 0 aromatic carbocycles. The van der Waals surface area contributed by atoms with Gasteiger partial charge in [0.15, 0.2) is 0 Å². The van der Waals surface area contributed by atoms with Gasteiger partial charge in [0.1, 0.15) is 0 Å². The quantitative estimate of drug-likeness (QED) is 0.869. The normalized spacial score (nSPS) is 33.1. The van der Waals surface area contributed by atoms with Crippen LogP contribution in [0.2, 0.25) is 0 Å². The zero-order chi connectivity index (χ0) is 12.4. The Morgan fingerprint density at radius 3 is 3.11 bits per heavy atom. The molecule has 1 saturated carbocycles. The molecule has 0 bridgehead atoms. The maximum absolute atomic E-state index is 10.6. The number of fused-ring (bicyclic) bond motifs is 1. The van der Waals surface area contributed by atoms with Gasteiger partial charge in [0.2, 0.25) is 0 Å². The molecule has 0 unspecified atom stereocenters. The molecule has 1 aromatic rings. The van der Waals surface area contributed by atoms with Crippen molar-refractivity contribution in [2.24, 2.45) is 5.92 Å². The van der Waals surface area contributed by atoms with Gasteiger partial charge in [0.25, 0.3) is 0 Å². The summed E-state index contributed by atoms with van der Waals surface area (Å²) >= 11 is 0. The van der Waals surface area contributed by atoms with Crippen LogP contribution >= 0.6 is 0 Å². The lowest BCUT2D eigenvalue weighted by Gasteiger charge is -2.47. The number of aromatic nitrogens is 1. The van der Waals surface area contributed by atoms with E-state index in [0.717, 1.165) is 38.2 Å². The third-order valence-corrected chi connectivity index (χ3v) is 4.62. The average Bonchev–Trinajstić information content (AvgIpc) is 2.40. The third kappa shape index (κ3) is 2.43. The van der Waals surface area contributed by atoms with E-state index < -0.39 is 0 Å². The fourth-order valence-electron chi connectivity index (χ4n) is 3.50. The standard InChI is InChI=1S/C15H22N2O/c18-15-7-3-1-5-13(15)11-17(10-8-15)12-14-6-2-4-9-16-14/h2,4,6,9,13,18H,1,3,5,7-8,10-12H2/t13-,15+/m0/s1. The Morgan fingerprint density at radius 1 is 1.33 bits per heavy atom. The van der Waals surface area contributed by atoms with Crippen LogP contribution in [0.1, 0.15) is 37.8 Å². The van der Waals surface area contributed by atoms with Crippen molar-refractivity contribution in [2.45, 2.75) is 44.2 Å². The predicted octanol–water partition coefficient (Wildman–Crippen LogP) is 2.21. The Balaban J connectivity index is 1.63. The van der Waals surface area contributed by atoms with Crippen molar-refractivity contribution < 1.29 is 5.11 Å². The zero-order valence-electron chi connectivity index (χ0n) is 10.9. The van der Waals surface area contributed by atoms with Gasteiger partial charge in [-0.2, -0.15) is 0 Å². The number of likely N-dealkylation sites (tertiary alicyclic amines) is 1. The molecule has 3 heteroatoms. The van der Waals surface area contributed by atoms with Crippen LogP contribution in [0.5, 0.6) is 0 Å². The van der Waals surface area contributed by atoms with Crippen LogP contribution in [-0.2, 0) is 6.54 Å². The molecule has 2 heterocycles. The Labute approximate surface area is 109 Å². The molecule has 1 aliphatic carbocycles. The first kappa shape index (κ1) is 12.1. The van der Waals surface area contributed by atoms with E-state index in [2.05, 4.69) is 16.0 Å². The SMILES string of the molecule is O[C@@]12CCCC[C@H]1CN(Cc1ccccn1)CC2. The molecule has 0 spiro atoms. The van der Waals surface area contributed by atoms with E-state index in [4.69, 9.17) is 0 Å². The van der Waals surface area contributed by atoms with E-state index in [1.807, 2.05) is 18.3 Å². The van der Waals surface area contributed by atoms with Crippen LogP contribution < -0.4 is 0 Å². The van der Waals surface area contributed by atoms with Crippen LogP contribution in [0.3, 0.4) is 0 Å². The van der Waals surface area contributed by atoms with Crippen LogP contribution in [0.4, 0.5) is 0 Å². The van der Waals surface area contributed by atoms with Crippen molar-refractivity contribution >= 4 is 0 Å². The van der Waals surface area contributed by atoms with E-state index in [1.165, 1.54) is 19.3 Å². The van der Waals surface area contributed by atoms with E-state index >= 15 is 0 Å². The Morgan fingerprint density at radius 2 is 2.28 bits per heavy atom. The molecular weight excluding hydrogens is 224 g/mol. The lowest BCUT2D eigenvalue weighted by atomic mass is 9.71. The molecule has 0 amide bonds. The molecule has 2 fully saturated rings. The number of nitrogens with zero attached hydrogens (tertiary/aromatic N) is 2. The van der Waals surface area contributed by atoms with Crippen molar-refractivity contribution in [3.8, 4) is 0 Å². The maximum Gasteiger partial charge on any atom is 0.0700 e. The molecule has 1 N–H and O–H groups in total. The van der Waals surface area contributed by atoms with Gasteiger partial charge in [-0.1, -0.05) is 18.9 Å². The Hall–Kier alpha value is -0.930. The molecule has 98 valence electrons. The molecule has 18 heavy (non-hydrogen) atoms. The third-order valence-electron chi connectivity index (χ3n) is 4.62. The molecule has 0 radical (unpaired) electrons. The smallest absolute Gasteiger partial charge is 0.0700 e. The highest BCUT2D eigenvalue weighted by molar-refractivity contribution is 5.04. The van der Waals surface area contributed by atoms with E-state index in [1.54, 1.807) is 0 Å². The van der Waals surface area contributed by atoms with Gasteiger partial charge in [-0.3, -0.25) is 9.88 Å². The van der Waals surface area contributed by atoms with Crippen molar-refractivity contribution in [1.82, 2.24) is 9.88 Å².